The van der Waals surface area contributed by atoms with E-state index in [0.717, 1.165) is 18.4 Å². The molecule has 2 unspecified atom stereocenters. The Morgan fingerprint density at radius 3 is 2.60 bits per heavy atom. The molecule has 4 heteroatoms. The van der Waals surface area contributed by atoms with Gasteiger partial charge in [0.1, 0.15) is 6.04 Å². The van der Waals surface area contributed by atoms with Gasteiger partial charge in [-0.15, -0.1) is 0 Å². The number of benzene rings is 1. The van der Waals surface area contributed by atoms with Crippen molar-refractivity contribution < 1.29 is 9.53 Å². The minimum Gasteiger partial charge on any atom is -0.468 e. The molecule has 0 bridgehead atoms. The summed E-state index contributed by atoms with van der Waals surface area (Å²) in [6.45, 7) is 6.28. The van der Waals surface area contributed by atoms with Crippen LogP contribution in [0.25, 0.3) is 0 Å². The van der Waals surface area contributed by atoms with Crippen molar-refractivity contribution in [2.45, 2.75) is 45.7 Å². The highest BCUT2D eigenvalue weighted by molar-refractivity contribution is 6.30. The van der Waals surface area contributed by atoms with Crippen LogP contribution in [0.5, 0.6) is 0 Å². The summed E-state index contributed by atoms with van der Waals surface area (Å²) in [4.78, 5) is 11.9. The number of ether oxygens (including phenoxy) is 1. The molecule has 1 rings (SSSR count). The van der Waals surface area contributed by atoms with E-state index in [9.17, 15) is 4.79 Å². The summed E-state index contributed by atoms with van der Waals surface area (Å²) in [6.07, 6.45) is 1.63. The van der Waals surface area contributed by atoms with Gasteiger partial charge in [0.2, 0.25) is 0 Å². The first kappa shape index (κ1) is 17.0. The Morgan fingerprint density at radius 2 is 2.10 bits per heavy atom. The van der Waals surface area contributed by atoms with E-state index in [-0.39, 0.29) is 18.1 Å². The highest BCUT2D eigenvalue weighted by Crippen LogP contribution is 2.22. The van der Waals surface area contributed by atoms with Crippen LogP contribution in [-0.2, 0) is 9.53 Å². The van der Waals surface area contributed by atoms with Crippen molar-refractivity contribution in [1.82, 2.24) is 5.32 Å². The molecule has 1 aromatic carbocycles. The summed E-state index contributed by atoms with van der Waals surface area (Å²) in [5.74, 6) is 0.211. The van der Waals surface area contributed by atoms with E-state index in [1.165, 1.54) is 7.11 Å². The average molecular weight is 298 g/mol. The second-order valence-electron chi connectivity index (χ2n) is 5.39. The number of hydrogen-bond donors (Lipinski definition) is 1. The zero-order valence-corrected chi connectivity index (χ0v) is 13.4. The maximum Gasteiger partial charge on any atom is 0.322 e. The number of methoxy groups -OCH3 is 1. The molecule has 0 radical (unpaired) electrons. The van der Waals surface area contributed by atoms with Crippen molar-refractivity contribution in [3.05, 3.63) is 34.9 Å². The second kappa shape index (κ2) is 8.28. The van der Waals surface area contributed by atoms with Gasteiger partial charge in [0, 0.05) is 11.1 Å². The van der Waals surface area contributed by atoms with Gasteiger partial charge in [0.25, 0.3) is 0 Å². The predicted molar refractivity (Wildman–Crippen MR) is 82.9 cm³/mol. The monoisotopic (exact) mass is 297 g/mol. The molecular formula is C16H24ClNO2. The average Bonchev–Trinajstić information content (AvgIpc) is 2.42. The molecule has 2 atom stereocenters. The lowest BCUT2D eigenvalue weighted by molar-refractivity contribution is -0.143. The predicted octanol–water partition coefficient (Wildman–Crippen LogP) is 3.97. The number of nitrogens with one attached hydrogen (secondary N) is 1. The van der Waals surface area contributed by atoms with E-state index in [1.54, 1.807) is 0 Å². The highest BCUT2D eigenvalue weighted by atomic mass is 35.5. The number of halogens is 1. The van der Waals surface area contributed by atoms with Crippen LogP contribution in [0.4, 0.5) is 0 Å². The molecule has 0 aliphatic carbocycles. The molecule has 0 fully saturated rings. The summed E-state index contributed by atoms with van der Waals surface area (Å²) >= 11 is 6.04. The summed E-state index contributed by atoms with van der Waals surface area (Å²) in [5, 5.41) is 4.11. The molecular weight excluding hydrogens is 274 g/mol. The van der Waals surface area contributed by atoms with E-state index in [2.05, 4.69) is 26.1 Å². The van der Waals surface area contributed by atoms with Gasteiger partial charge in [0.15, 0.2) is 0 Å². The molecule has 0 heterocycles. The van der Waals surface area contributed by atoms with Crippen LogP contribution >= 0.6 is 11.6 Å². The van der Waals surface area contributed by atoms with Gasteiger partial charge in [-0.05, 0) is 36.5 Å². The first-order chi connectivity index (χ1) is 9.47. The molecule has 112 valence electrons. The standard InChI is InChI=1S/C16H24ClNO2/c1-5-14(12-7-6-8-13(17)10-12)18-15(9-11(2)3)16(19)20-4/h6-8,10-11,14-15,18H,5,9H2,1-4H3. The molecule has 3 nitrogen and oxygen atoms in total. The van der Waals surface area contributed by atoms with Crippen LogP contribution in [-0.4, -0.2) is 19.1 Å². The molecule has 0 spiro atoms. The van der Waals surface area contributed by atoms with Crippen molar-refractivity contribution in [2.24, 2.45) is 5.92 Å². The minimum absolute atomic E-state index is 0.0940. The lowest BCUT2D eigenvalue weighted by atomic mass is 9.99. The third kappa shape index (κ3) is 5.14. The summed E-state index contributed by atoms with van der Waals surface area (Å²) in [7, 11) is 1.43. The number of rotatable bonds is 7. The van der Waals surface area contributed by atoms with Crippen LogP contribution in [0.15, 0.2) is 24.3 Å². The van der Waals surface area contributed by atoms with E-state index < -0.39 is 0 Å². The van der Waals surface area contributed by atoms with Gasteiger partial charge in [-0.3, -0.25) is 10.1 Å². The van der Waals surface area contributed by atoms with Gasteiger partial charge in [-0.2, -0.15) is 0 Å². The SMILES string of the molecule is CCC(NC(CC(C)C)C(=O)OC)c1cccc(Cl)c1. The normalized spacial score (nSPS) is 14.1. The molecule has 0 saturated carbocycles. The Labute approximate surface area is 126 Å². The topological polar surface area (TPSA) is 38.3 Å². The Balaban J connectivity index is 2.85. The Morgan fingerprint density at radius 1 is 1.40 bits per heavy atom. The van der Waals surface area contributed by atoms with E-state index in [0.29, 0.717) is 10.9 Å². The fourth-order valence-corrected chi connectivity index (χ4v) is 2.46. The number of carbonyl (C=O) groups is 1. The summed E-state index contributed by atoms with van der Waals surface area (Å²) in [5.41, 5.74) is 1.10. The van der Waals surface area contributed by atoms with Crippen molar-refractivity contribution in [1.29, 1.82) is 0 Å². The fraction of sp³-hybridized carbons (Fsp3) is 0.562. The Kier molecular flexibility index (Phi) is 7.03. The zero-order valence-electron chi connectivity index (χ0n) is 12.7. The van der Waals surface area contributed by atoms with Crippen molar-refractivity contribution in [3.63, 3.8) is 0 Å². The summed E-state index contributed by atoms with van der Waals surface area (Å²) < 4.78 is 4.89. The lowest BCUT2D eigenvalue weighted by Gasteiger charge is -2.25. The number of esters is 1. The molecule has 1 aromatic rings. The molecule has 0 aromatic heterocycles. The van der Waals surface area contributed by atoms with Crippen LogP contribution in [0.1, 0.15) is 45.2 Å². The first-order valence-electron chi connectivity index (χ1n) is 7.07. The van der Waals surface area contributed by atoms with Crippen molar-refractivity contribution in [3.8, 4) is 0 Å². The van der Waals surface area contributed by atoms with Gasteiger partial charge in [-0.1, -0.05) is 44.5 Å². The molecule has 20 heavy (non-hydrogen) atoms. The maximum atomic E-state index is 11.9. The van der Waals surface area contributed by atoms with Crippen LogP contribution in [0.2, 0.25) is 5.02 Å². The van der Waals surface area contributed by atoms with Crippen molar-refractivity contribution >= 4 is 17.6 Å². The quantitative estimate of drug-likeness (QED) is 0.774. The minimum atomic E-state index is -0.288. The van der Waals surface area contributed by atoms with Crippen LogP contribution in [0, 0.1) is 5.92 Å². The number of carbonyl (C=O) groups excluding carboxylic acids is 1. The Bertz CT molecular complexity index is 434. The fourth-order valence-electron chi connectivity index (χ4n) is 2.26. The van der Waals surface area contributed by atoms with Gasteiger partial charge >= 0.3 is 5.97 Å². The largest absolute Gasteiger partial charge is 0.468 e. The van der Waals surface area contributed by atoms with E-state index in [1.807, 2.05) is 24.3 Å². The third-order valence-electron chi connectivity index (χ3n) is 3.25. The van der Waals surface area contributed by atoms with E-state index in [4.69, 9.17) is 16.3 Å². The van der Waals surface area contributed by atoms with Crippen LogP contribution in [0.3, 0.4) is 0 Å². The molecule has 0 amide bonds. The zero-order chi connectivity index (χ0) is 15.1. The van der Waals surface area contributed by atoms with E-state index >= 15 is 0 Å². The summed E-state index contributed by atoms with van der Waals surface area (Å²) in [6, 6.07) is 7.55. The lowest BCUT2D eigenvalue weighted by Crippen LogP contribution is -2.40. The van der Waals surface area contributed by atoms with Gasteiger partial charge in [-0.25, -0.2) is 0 Å². The first-order valence-corrected chi connectivity index (χ1v) is 7.45. The Hall–Kier alpha value is -1.06. The van der Waals surface area contributed by atoms with Gasteiger partial charge < -0.3 is 4.74 Å². The third-order valence-corrected chi connectivity index (χ3v) is 3.49. The van der Waals surface area contributed by atoms with Crippen molar-refractivity contribution in [2.75, 3.05) is 7.11 Å². The smallest absolute Gasteiger partial charge is 0.322 e. The van der Waals surface area contributed by atoms with Crippen LogP contribution < -0.4 is 5.32 Å². The molecule has 1 N–H and O–H groups in total. The van der Waals surface area contributed by atoms with Gasteiger partial charge in [0.05, 0.1) is 7.11 Å². The maximum absolute atomic E-state index is 11.9. The molecule has 0 aliphatic rings. The highest BCUT2D eigenvalue weighted by Gasteiger charge is 2.23. The molecule has 0 aliphatic heterocycles. The molecule has 0 saturated heterocycles. The second-order valence-corrected chi connectivity index (χ2v) is 5.82. The number of hydrogen-bond acceptors (Lipinski definition) is 3.